The van der Waals surface area contributed by atoms with Crippen LogP contribution < -0.4 is 5.32 Å². The zero-order valence-electron chi connectivity index (χ0n) is 13.8. The van der Waals surface area contributed by atoms with E-state index in [1.807, 2.05) is 0 Å². The summed E-state index contributed by atoms with van der Waals surface area (Å²) < 4.78 is 0. The predicted molar refractivity (Wildman–Crippen MR) is 90.8 cm³/mol. The topological polar surface area (TPSA) is 12.0 Å². The van der Waals surface area contributed by atoms with Crippen molar-refractivity contribution in [2.45, 2.75) is 71.3 Å². The molecule has 3 unspecified atom stereocenters. The molecule has 0 aliphatic heterocycles. The highest BCUT2D eigenvalue weighted by atomic mass is 14.9. The monoisotopic (exact) mass is 285 g/mol. The summed E-state index contributed by atoms with van der Waals surface area (Å²) in [4.78, 5) is 0. The number of benzene rings is 1. The van der Waals surface area contributed by atoms with Gasteiger partial charge in [0, 0.05) is 6.04 Å². The molecular formula is C20H31N. The van der Waals surface area contributed by atoms with E-state index in [4.69, 9.17) is 0 Å². The number of nitrogens with one attached hydrogen (secondary N) is 1. The van der Waals surface area contributed by atoms with Gasteiger partial charge in [-0.25, -0.2) is 0 Å². The Hall–Kier alpha value is -0.820. The minimum absolute atomic E-state index is 0.745. The van der Waals surface area contributed by atoms with Crippen molar-refractivity contribution in [3.63, 3.8) is 0 Å². The Bertz CT molecular complexity index is 463. The van der Waals surface area contributed by atoms with Crippen molar-refractivity contribution in [1.82, 2.24) is 5.32 Å². The second-order valence-electron chi connectivity index (χ2n) is 7.40. The Labute approximate surface area is 130 Å². The van der Waals surface area contributed by atoms with Crippen LogP contribution in [0.1, 0.15) is 62.6 Å². The summed E-state index contributed by atoms with van der Waals surface area (Å²) in [7, 11) is 0. The fourth-order valence-electron chi connectivity index (χ4n) is 4.38. The summed E-state index contributed by atoms with van der Waals surface area (Å²) in [6, 6.07) is 8.06. The van der Waals surface area contributed by atoms with Gasteiger partial charge in [-0.2, -0.15) is 0 Å². The molecule has 3 rings (SSSR count). The van der Waals surface area contributed by atoms with Gasteiger partial charge in [0.05, 0.1) is 0 Å². The second kappa shape index (κ2) is 6.96. The smallest absolute Gasteiger partial charge is 0.00986 e. The molecule has 116 valence electrons. The summed E-state index contributed by atoms with van der Waals surface area (Å²) in [6.07, 6.45) is 10.7. The van der Waals surface area contributed by atoms with Crippen LogP contribution in [0.4, 0.5) is 0 Å². The molecule has 0 amide bonds. The van der Waals surface area contributed by atoms with Gasteiger partial charge in [0.15, 0.2) is 0 Å². The number of rotatable bonds is 5. The van der Waals surface area contributed by atoms with E-state index in [0.29, 0.717) is 0 Å². The second-order valence-corrected chi connectivity index (χ2v) is 7.40. The molecule has 2 aliphatic rings. The number of hydrogen-bond acceptors (Lipinski definition) is 1. The van der Waals surface area contributed by atoms with Gasteiger partial charge in [-0.1, -0.05) is 32.0 Å². The van der Waals surface area contributed by atoms with Gasteiger partial charge >= 0.3 is 0 Å². The first-order valence-corrected chi connectivity index (χ1v) is 9.10. The van der Waals surface area contributed by atoms with Crippen molar-refractivity contribution >= 4 is 0 Å². The van der Waals surface area contributed by atoms with Gasteiger partial charge in [-0.15, -0.1) is 0 Å². The molecule has 0 saturated heterocycles. The zero-order valence-corrected chi connectivity index (χ0v) is 13.8. The van der Waals surface area contributed by atoms with E-state index in [2.05, 4.69) is 37.4 Å². The Kier molecular flexibility index (Phi) is 5.00. The van der Waals surface area contributed by atoms with Crippen LogP contribution in [0.25, 0.3) is 0 Å². The molecule has 1 nitrogen and oxygen atoms in total. The Morgan fingerprint density at radius 2 is 2.00 bits per heavy atom. The lowest BCUT2D eigenvalue weighted by Crippen LogP contribution is -2.41. The molecule has 1 aromatic rings. The molecule has 21 heavy (non-hydrogen) atoms. The molecule has 1 fully saturated rings. The van der Waals surface area contributed by atoms with Gasteiger partial charge in [0.1, 0.15) is 0 Å². The Morgan fingerprint density at radius 1 is 1.14 bits per heavy atom. The zero-order chi connectivity index (χ0) is 14.7. The number of fused-ring (bicyclic) bond motifs is 1. The molecule has 0 spiro atoms. The van der Waals surface area contributed by atoms with Gasteiger partial charge < -0.3 is 5.32 Å². The maximum Gasteiger partial charge on any atom is 0.00986 e. The molecule has 1 heteroatoms. The van der Waals surface area contributed by atoms with Crippen molar-refractivity contribution in [3.05, 3.63) is 34.9 Å². The maximum absolute atomic E-state index is 3.81. The van der Waals surface area contributed by atoms with Crippen molar-refractivity contribution in [1.29, 1.82) is 0 Å². The first-order chi connectivity index (χ1) is 10.3. The minimum Gasteiger partial charge on any atom is -0.314 e. The van der Waals surface area contributed by atoms with Crippen molar-refractivity contribution < 1.29 is 0 Å². The molecule has 0 bridgehead atoms. The van der Waals surface area contributed by atoms with Crippen LogP contribution in [-0.4, -0.2) is 12.6 Å². The maximum atomic E-state index is 3.81. The quantitative estimate of drug-likeness (QED) is 0.838. The molecule has 1 saturated carbocycles. The van der Waals surface area contributed by atoms with Crippen LogP contribution in [-0.2, 0) is 19.3 Å². The van der Waals surface area contributed by atoms with Crippen LogP contribution in [0, 0.1) is 11.8 Å². The van der Waals surface area contributed by atoms with E-state index in [1.165, 1.54) is 57.9 Å². The highest BCUT2D eigenvalue weighted by molar-refractivity contribution is 5.35. The Morgan fingerprint density at radius 3 is 2.86 bits per heavy atom. The van der Waals surface area contributed by atoms with Gasteiger partial charge in [-0.3, -0.25) is 0 Å². The average molecular weight is 285 g/mol. The van der Waals surface area contributed by atoms with Crippen LogP contribution in [0.15, 0.2) is 18.2 Å². The van der Waals surface area contributed by atoms with Crippen LogP contribution in [0.2, 0.25) is 0 Å². The van der Waals surface area contributed by atoms with Gasteiger partial charge in [0.25, 0.3) is 0 Å². The standard InChI is InChI=1S/C20H31N/c1-3-11-21-20-10-7-15(2)12-19(20)14-16-8-9-17-5-4-6-18(17)13-16/h8-9,13,15,19-21H,3-7,10-12,14H2,1-2H3. The highest BCUT2D eigenvalue weighted by Gasteiger charge is 2.28. The lowest BCUT2D eigenvalue weighted by atomic mass is 9.76. The van der Waals surface area contributed by atoms with E-state index in [9.17, 15) is 0 Å². The molecule has 0 heterocycles. The van der Waals surface area contributed by atoms with Crippen molar-refractivity contribution in [3.8, 4) is 0 Å². The van der Waals surface area contributed by atoms with E-state index in [1.54, 1.807) is 16.7 Å². The summed E-state index contributed by atoms with van der Waals surface area (Å²) >= 11 is 0. The van der Waals surface area contributed by atoms with E-state index >= 15 is 0 Å². The SMILES string of the molecule is CCCNC1CCC(C)CC1Cc1ccc2c(c1)CCC2. The predicted octanol–water partition coefficient (Wildman–Crippen LogP) is 4.52. The fourth-order valence-corrected chi connectivity index (χ4v) is 4.38. The number of aryl methyl sites for hydroxylation is 2. The van der Waals surface area contributed by atoms with E-state index < -0.39 is 0 Å². The average Bonchev–Trinajstić information content (AvgIpc) is 2.94. The molecule has 1 N–H and O–H groups in total. The van der Waals surface area contributed by atoms with Gasteiger partial charge in [0.2, 0.25) is 0 Å². The molecule has 1 aromatic carbocycles. The van der Waals surface area contributed by atoms with Gasteiger partial charge in [-0.05, 0) is 86.4 Å². The first-order valence-electron chi connectivity index (χ1n) is 9.10. The third-order valence-corrected chi connectivity index (χ3v) is 5.56. The molecular weight excluding hydrogens is 254 g/mol. The summed E-state index contributed by atoms with van der Waals surface area (Å²) in [5, 5.41) is 3.81. The van der Waals surface area contributed by atoms with E-state index in [0.717, 1.165) is 17.9 Å². The lowest BCUT2D eigenvalue weighted by Gasteiger charge is -2.36. The van der Waals surface area contributed by atoms with Crippen LogP contribution in [0.3, 0.4) is 0 Å². The summed E-state index contributed by atoms with van der Waals surface area (Å²) in [5.74, 6) is 1.74. The summed E-state index contributed by atoms with van der Waals surface area (Å²) in [5.41, 5.74) is 4.82. The first kappa shape index (κ1) is 15.1. The van der Waals surface area contributed by atoms with Crippen LogP contribution in [0.5, 0.6) is 0 Å². The Balaban J connectivity index is 1.68. The lowest BCUT2D eigenvalue weighted by molar-refractivity contribution is 0.212. The van der Waals surface area contributed by atoms with Crippen molar-refractivity contribution in [2.24, 2.45) is 11.8 Å². The fraction of sp³-hybridized carbons (Fsp3) is 0.700. The van der Waals surface area contributed by atoms with Crippen molar-refractivity contribution in [2.75, 3.05) is 6.54 Å². The minimum atomic E-state index is 0.745. The molecule has 2 aliphatic carbocycles. The third-order valence-electron chi connectivity index (χ3n) is 5.56. The van der Waals surface area contributed by atoms with Crippen LogP contribution >= 0.6 is 0 Å². The summed E-state index contributed by atoms with van der Waals surface area (Å²) in [6.45, 7) is 5.89. The molecule has 0 aromatic heterocycles. The molecule has 3 atom stereocenters. The number of hydrogen-bond donors (Lipinski definition) is 1. The van der Waals surface area contributed by atoms with E-state index in [-0.39, 0.29) is 0 Å². The highest BCUT2D eigenvalue weighted by Crippen LogP contribution is 2.32. The largest absolute Gasteiger partial charge is 0.314 e. The normalized spacial score (nSPS) is 28.6. The third kappa shape index (κ3) is 3.69. The molecule has 0 radical (unpaired) electrons.